The van der Waals surface area contributed by atoms with Gasteiger partial charge in [-0.1, -0.05) is 19.7 Å². The number of fused-ring (bicyclic) bond motifs is 6. The van der Waals surface area contributed by atoms with Crippen molar-refractivity contribution in [1.82, 2.24) is 19.9 Å². The quantitative estimate of drug-likeness (QED) is 0.455. The second-order valence-corrected chi connectivity index (χ2v) is 5.65. The molecule has 3 aromatic rings. The molecule has 12 heteroatoms. The number of hydrogen-bond acceptors (Lipinski definition) is 9. The Labute approximate surface area is 167 Å². The third-order valence-electron chi connectivity index (χ3n) is 4.12. The Morgan fingerprint density at radius 3 is 1.93 bits per heavy atom. The second kappa shape index (κ2) is 6.48. The van der Waals surface area contributed by atoms with Crippen LogP contribution in [-0.2, 0) is 0 Å². The van der Waals surface area contributed by atoms with E-state index in [1.54, 1.807) is 6.07 Å². The normalized spacial score (nSPS) is 13.9. The van der Waals surface area contributed by atoms with Crippen LogP contribution in [0, 0.1) is 53.7 Å². The zero-order valence-corrected chi connectivity index (χ0v) is 14.5. The van der Waals surface area contributed by atoms with Crippen LogP contribution in [0.3, 0.4) is 0 Å². The van der Waals surface area contributed by atoms with E-state index in [1.807, 2.05) is 12.1 Å². The van der Waals surface area contributed by atoms with Gasteiger partial charge < -0.3 is 19.9 Å². The van der Waals surface area contributed by atoms with Crippen molar-refractivity contribution in [3.63, 3.8) is 0 Å². The minimum Gasteiger partial charge on any atom is -0.370 e. The summed E-state index contributed by atoms with van der Waals surface area (Å²) in [6, 6.07) is 4.42. The molecule has 0 aliphatic carbocycles. The number of nitrogens with zero attached hydrogens (tertiary/aromatic N) is 11. The Morgan fingerprint density at radius 1 is 0.767 bits per heavy atom. The van der Waals surface area contributed by atoms with Crippen molar-refractivity contribution in [2.45, 2.75) is 6.04 Å². The number of nitriles is 3. The van der Waals surface area contributed by atoms with Gasteiger partial charge in [-0.3, -0.25) is 0 Å². The van der Waals surface area contributed by atoms with Crippen molar-refractivity contribution in [2.75, 3.05) is 5.32 Å². The van der Waals surface area contributed by atoms with Gasteiger partial charge in [-0.2, -0.15) is 15.8 Å². The summed E-state index contributed by atoms with van der Waals surface area (Å²) in [5, 5.41) is 30.8. The molecule has 0 saturated carbocycles. The van der Waals surface area contributed by atoms with Gasteiger partial charge in [0.25, 0.3) is 17.2 Å². The van der Waals surface area contributed by atoms with E-state index >= 15 is 0 Å². The fraction of sp³-hybridized carbons (Fsp3) is 0.0556. The van der Waals surface area contributed by atoms with Crippen LogP contribution in [0.25, 0.3) is 36.6 Å². The minimum atomic E-state index is -1.09. The summed E-state index contributed by atoms with van der Waals surface area (Å²) >= 11 is 0. The van der Waals surface area contributed by atoms with E-state index in [0.717, 1.165) is 0 Å². The molecule has 1 atom stereocenters. The number of anilines is 1. The molecule has 134 valence electrons. The molecule has 0 fully saturated rings. The van der Waals surface area contributed by atoms with Crippen molar-refractivity contribution in [2.24, 2.45) is 4.99 Å². The molecule has 1 unspecified atom stereocenters. The van der Waals surface area contributed by atoms with Gasteiger partial charge >= 0.3 is 5.82 Å². The smallest absolute Gasteiger partial charge is 0.307 e. The molecular weight excluding hydrogens is 384 g/mol. The Kier molecular flexibility index (Phi) is 3.83. The third-order valence-corrected chi connectivity index (χ3v) is 4.12. The van der Waals surface area contributed by atoms with Crippen molar-refractivity contribution in [1.29, 1.82) is 15.8 Å². The molecule has 0 amide bonds. The van der Waals surface area contributed by atoms with Crippen molar-refractivity contribution in [3.05, 3.63) is 39.9 Å². The summed E-state index contributed by atoms with van der Waals surface area (Å²) < 4.78 is 0. The van der Waals surface area contributed by atoms with Crippen molar-refractivity contribution >= 4 is 56.6 Å². The van der Waals surface area contributed by atoms with Gasteiger partial charge in [0.1, 0.15) is 29.0 Å². The van der Waals surface area contributed by atoms with Crippen LogP contribution in [0.2, 0.25) is 0 Å². The van der Waals surface area contributed by atoms with E-state index in [0.29, 0.717) is 0 Å². The Bertz CT molecular complexity index is 1590. The van der Waals surface area contributed by atoms with E-state index in [4.69, 9.17) is 19.7 Å². The molecule has 1 aliphatic heterocycles. The maximum atomic E-state index is 9.36. The predicted molar refractivity (Wildman–Crippen MR) is 102 cm³/mol. The molecule has 0 radical (unpaired) electrons. The van der Waals surface area contributed by atoms with E-state index in [1.165, 1.54) is 0 Å². The van der Waals surface area contributed by atoms with Crippen molar-refractivity contribution in [3.8, 4) is 18.2 Å². The van der Waals surface area contributed by atoms with E-state index in [-0.39, 0.29) is 62.3 Å². The van der Waals surface area contributed by atoms with Gasteiger partial charge in [0.05, 0.1) is 6.07 Å². The molecule has 12 nitrogen and oxygen atoms in total. The first-order chi connectivity index (χ1) is 14.6. The lowest BCUT2D eigenvalue weighted by molar-refractivity contribution is 1.14. The first-order valence-corrected chi connectivity index (χ1v) is 7.86. The second-order valence-electron chi connectivity index (χ2n) is 5.65. The van der Waals surface area contributed by atoms with Crippen molar-refractivity contribution < 1.29 is 0 Å². The van der Waals surface area contributed by atoms with Crippen LogP contribution >= 0.6 is 0 Å². The molecule has 1 aromatic carbocycles. The number of aromatic nitrogens is 4. The van der Waals surface area contributed by atoms with Gasteiger partial charge in [-0.05, 0) is 0 Å². The van der Waals surface area contributed by atoms with E-state index in [2.05, 4.69) is 44.8 Å². The molecule has 1 aliphatic rings. The molecule has 4 rings (SSSR count). The highest BCUT2D eigenvalue weighted by Gasteiger charge is 2.33. The Hall–Kier alpha value is -5.69. The number of rotatable bonds is 0. The molecule has 0 spiro atoms. The molecule has 3 heterocycles. The highest BCUT2D eigenvalue weighted by molar-refractivity contribution is 6.20. The average molecular weight is 386 g/mol. The maximum Gasteiger partial charge on any atom is 0.307 e. The fourth-order valence-corrected chi connectivity index (χ4v) is 2.87. The monoisotopic (exact) mass is 386 g/mol. The number of hydrogen-bond donors (Lipinski definition) is 1. The minimum absolute atomic E-state index is 0.0286. The predicted octanol–water partition coefficient (Wildman–Crippen LogP) is 3.01. The van der Waals surface area contributed by atoms with Gasteiger partial charge in [0, 0.05) is 0 Å². The topological polar surface area (TPSA) is 160 Å². The summed E-state index contributed by atoms with van der Waals surface area (Å²) in [5.74, 6) is -0.825. The maximum absolute atomic E-state index is 9.36. The number of benzene rings is 1. The van der Waals surface area contributed by atoms with Gasteiger partial charge in [0.15, 0.2) is 17.4 Å². The van der Waals surface area contributed by atoms with Crippen LogP contribution < -0.4 is 5.32 Å². The fourth-order valence-electron chi connectivity index (χ4n) is 2.87. The molecule has 1 N–H and O–H groups in total. The summed E-state index contributed by atoms with van der Waals surface area (Å²) in [7, 11) is 0. The molecule has 30 heavy (non-hydrogen) atoms. The zero-order valence-electron chi connectivity index (χ0n) is 14.5. The summed E-state index contributed by atoms with van der Waals surface area (Å²) in [4.78, 5) is 30.5. The summed E-state index contributed by atoms with van der Waals surface area (Å²) in [6.07, 6.45) is 0. The van der Waals surface area contributed by atoms with E-state index in [9.17, 15) is 15.8 Å². The van der Waals surface area contributed by atoms with E-state index < -0.39 is 6.04 Å². The lowest BCUT2D eigenvalue weighted by Gasteiger charge is -2.19. The Morgan fingerprint density at radius 2 is 1.37 bits per heavy atom. The summed E-state index contributed by atoms with van der Waals surface area (Å²) in [6.45, 7) is 21.7. The SMILES string of the molecule is [C-]#[N+]c1nc2c(nc1C#N)c1c(c3nc([N+]#[C-])c([N+]#[C-])nc32)NC(C#N)C(C#N)=N1. The highest BCUT2D eigenvalue weighted by atomic mass is 15.1. The van der Waals surface area contributed by atoms with Crippen LogP contribution in [0.1, 0.15) is 5.69 Å². The van der Waals surface area contributed by atoms with Gasteiger partial charge in [-0.15, -0.1) is 15.0 Å². The highest BCUT2D eigenvalue weighted by Crippen LogP contribution is 2.44. The molecule has 2 aromatic heterocycles. The zero-order chi connectivity index (χ0) is 21.4. The van der Waals surface area contributed by atoms with Crippen LogP contribution in [0.5, 0.6) is 0 Å². The van der Waals surface area contributed by atoms with Crippen LogP contribution in [0.15, 0.2) is 4.99 Å². The average Bonchev–Trinajstić information content (AvgIpc) is 2.81. The van der Waals surface area contributed by atoms with Crippen LogP contribution in [-0.4, -0.2) is 31.7 Å². The first-order valence-electron chi connectivity index (χ1n) is 7.86. The van der Waals surface area contributed by atoms with Gasteiger partial charge in [0.2, 0.25) is 11.0 Å². The lowest BCUT2D eigenvalue weighted by atomic mass is 10.1. The van der Waals surface area contributed by atoms with Gasteiger partial charge in [-0.25, -0.2) is 9.98 Å². The standard InChI is InChI=1S/C18H2N12/c1-22-16-9(6-21)27-12-10-11(26-8(5-20)7(4-19)25-10)14-15(13(12)28-16)30-18(24-3)17(23-2)29-14/h8,26H. The number of nitrogens with one attached hydrogen (secondary N) is 1. The lowest BCUT2D eigenvalue weighted by Crippen LogP contribution is -2.29. The van der Waals surface area contributed by atoms with Crippen LogP contribution in [0.4, 0.5) is 28.8 Å². The third kappa shape index (κ3) is 2.30. The first kappa shape index (κ1) is 17.7. The molecule has 0 saturated heterocycles. The Balaban J connectivity index is 2.31. The summed E-state index contributed by atoms with van der Waals surface area (Å²) in [5.41, 5.74) is 0.0192. The number of aliphatic imine (C=N–C) groups is 1. The molecular formula is C18H2N12. The largest absolute Gasteiger partial charge is 0.370 e. The molecule has 0 bridgehead atoms.